The second kappa shape index (κ2) is 5.25. The van der Waals surface area contributed by atoms with E-state index in [1.54, 1.807) is 11.8 Å². The van der Waals surface area contributed by atoms with Crippen LogP contribution in [0.5, 0.6) is 0 Å². The maximum absolute atomic E-state index is 12.5. The van der Waals surface area contributed by atoms with Gasteiger partial charge >= 0.3 is 0 Å². The van der Waals surface area contributed by atoms with Crippen LogP contribution in [0.15, 0.2) is 0 Å². The van der Waals surface area contributed by atoms with Crippen molar-refractivity contribution in [2.45, 2.75) is 32.3 Å². The lowest BCUT2D eigenvalue weighted by Crippen LogP contribution is -2.45. The number of ether oxygens (including phenoxy) is 1. The third kappa shape index (κ3) is 2.36. The van der Waals surface area contributed by atoms with Gasteiger partial charge in [-0.25, -0.2) is 0 Å². The maximum Gasteiger partial charge on any atom is 0.243 e. The number of hydrogen-bond donors (Lipinski definition) is 1. The summed E-state index contributed by atoms with van der Waals surface area (Å²) >= 11 is 0. The Labute approximate surface area is 107 Å². The lowest BCUT2D eigenvalue weighted by molar-refractivity contribution is -0.142. The van der Waals surface area contributed by atoms with Gasteiger partial charge in [0.05, 0.1) is 12.2 Å². The highest BCUT2D eigenvalue weighted by Gasteiger charge is 2.44. The van der Waals surface area contributed by atoms with Crippen molar-refractivity contribution in [1.29, 1.82) is 5.26 Å². The molecule has 0 aromatic rings. The standard InChI is InChI=1S/C13H20N2O3/c1-10(16)11-2-5-15(8-11)12(17)13(9-14)3-6-18-7-4-13/h10-11,16H,2-8H2,1H3. The summed E-state index contributed by atoms with van der Waals surface area (Å²) in [6.45, 7) is 3.94. The molecule has 2 heterocycles. The van der Waals surface area contributed by atoms with E-state index >= 15 is 0 Å². The van der Waals surface area contributed by atoms with Gasteiger partial charge in [-0.2, -0.15) is 5.26 Å². The van der Waals surface area contributed by atoms with Crippen LogP contribution in [0, 0.1) is 22.7 Å². The van der Waals surface area contributed by atoms with Crippen LogP contribution < -0.4 is 0 Å². The molecule has 2 saturated heterocycles. The van der Waals surface area contributed by atoms with Gasteiger partial charge in [-0.3, -0.25) is 4.79 Å². The van der Waals surface area contributed by atoms with Crippen LogP contribution >= 0.6 is 0 Å². The lowest BCUT2D eigenvalue weighted by Gasteiger charge is -2.33. The van der Waals surface area contributed by atoms with Gasteiger partial charge in [0.25, 0.3) is 0 Å². The minimum Gasteiger partial charge on any atom is -0.393 e. The van der Waals surface area contributed by atoms with E-state index in [2.05, 4.69) is 6.07 Å². The van der Waals surface area contributed by atoms with Crippen molar-refractivity contribution in [3.8, 4) is 6.07 Å². The molecule has 2 unspecified atom stereocenters. The SMILES string of the molecule is CC(O)C1CCN(C(=O)C2(C#N)CCOCC2)C1. The average molecular weight is 252 g/mol. The molecular weight excluding hydrogens is 232 g/mol. The van der Waals surface area contributed by atoms with Crippen LogP contribution in [0.25, 0.3) is 0 Å². The van der Waals surface area contributed by atoms with E-state index < -0.39 is 11.5 Å². The van der Waals surface area contributed by atoms with Crippen LogP contribution in [0.2, 0.25) is 0 Å². The minimum absolute atomic E-state index is 0.0727. The second-order valence-electron chi connectivity index (χ2n) is 5.35. The van der Waals surface area contributed by atoms with Crippen LogP contribution in [0.4, 0.5) is 0 Å². The number of amides is 1. The molecule has 0 saturated carbocycles. The number of hydrogen-bond acceptors (Lipinski definition) is 4. The maximum atomic E-state index is 12.5. The summed E-state index contributed by atoms with van der Waals surface area (Å²) in [5, 5.41) is 18.9. The van der Waals surface area contributed by atoms with E-state index in [0.29, 0.717) is 39.1 Å². The van der Waals surface area contributed by atoms with Crippen molar-refractivity contribution in [3.63, 3.8) is 0 Å². The first kappa shape index (κ1) is 13.3. The Kier molecular flexibility index (Phi) is 3.88. The number of likely N-dealkylation sites (tertiary alicyclic amines) is 1. The summed E-state index contributed by atoms with van der Waals surface area (Å²) in [5.41, 5.74) is -0.897. The quantitative estimate of drug-likeness (QED) is 0.778. The average Bonchev–Trinajstić information content (AvgIpc) is 2.88. The minimum atomic E-state index is -0.897. The van der Waals surface area contributed by atoms with Crippen LogP contribution in [0.1, 0.15) is 26.2 Å². The molecule has 2 fully saturated rings. The van der Waals surface area contributed by atoms with Gasteiger partial charge in [-0.15, -0.1) is 0 Å². The fraction of sp³-hybridized carbons (Fsp3) is 0.846. The number of carbonyl (C=O) groups is 1. The molecule has 5 nitrogen and oxygen atoms in total. The van der Waals surface area contributed by atoms with Crippen molar-refractivity contribution in [2.75, 3.05) is 26.3 Å². The van der Waals surface area contributed by atoms with Gasteiger partial charge in [-0.05, 0) is 26.2 Å². The third-order valence-corrected chi connectivity index (χ3v) is 4.16. The molecule has 2 aliphatic heterocycles. The number of rotatable bonds is 2. The normalized spacial score (nSPS) is 28.7. The van der Waals surface area contributed by atoms with E-state index in [0.717, 1.165) is 6.42 Å². The number of aliphatic hydroxyl groups excluding tert-OH is 1. The molecule has 5 heteroatoms. The van der Waals surface area contributed by atoms with Gasteiger partial charge in [-0.1, -0.05) is 0 Å². The van der Waals surface area contributed by atoms with Crippen LogP contribution in [0.3, 0.4) is 0 Å². The van der Waals surface area contributed by atoms with Crippen molar-refractivity contribution in [2.24, 2.45) is 11.3 Å². The van der Waals surface area contributed by atoms with Crippen molar-refractivity contribution in [3.05, 3.63) is 0 Å². The first-order valence-electron chi connectivity index (χ1n) is 6.55. The lowest BCUT2D eigenvalue weighted by atomic mass is 9.80. The van der Waals surface area contributed by atoms with Gasteiger partial charge in [0.2, 0.25) is 5.91 Å². The number of nitrogens with zero attached hydrogens (tertiary/aromatic N) is 2. The topological polar surface area (TPSA) is 73.6 Å². The Morgan fingerprint density at radius 3 is 2.72 bits per heavy atom. The summed E-state index contributed by atoms with van der Waals surface area (Å²) in [5.74, 6) is 0.0704. The molecule has 18 heavy (non-hydrogen) atoms. The molecule has 0 bridgehead atoms. The molecule has 1 N–H and O–H groups in total. The highest BCUT2D eigenvalue weighted by Crippen LogP contribution is 2.34. The predicted octanol–water partition coefficient (Wildman–Crippen LogP) is 0.536. The Morgan fingerprint density at radius 1 is 1.56 bits per heavy atom. The van der Waals surface area contributed by atoms with E-state index in [4.69, 9.17) is 4.74 Å². The summed E-state index contributed by atoms with van der Waals surface area (Å²) in [6, 6.07) is 2.20. The summed E-state index contributed by atoms with van der Waals surface area (Å²) in [7, 11) is 0. The molecule has 0 spiro atoms. The number of carbonyl (C=O) groups excluding carboxylic acids is 1. The zero-order chi connectivity index (χ0) is 13.2. The first-order chi connectivity index (χ1) is 8.59. The fourth-order valence-electron chi connectivity index (χ4n) is 2.76. The Balaban J connectivity index is 2.05. The van der Waals surface area contributed by atoms with Gasteiger partial charge in [0.15, 0.2) is 0 Å². The predicted molar refractivity (Wildman–Crippen MR) is 64.5 cm³/mol. The van der Waals surface area contributed by atoms with Crippen molar-refractivity contribution < 1.29 is 14.6 Å². The number of aliphatic hydroxyl groups is 1. The summed E-state index contributed by atoms with van der Waals surface area (Å²) < 4.78 is 5.24. The highest BCUT2D eigenvalue weighted by molar-refractivity contribution is 5.85. The van der Waals surface area contributed by atoms with E-state index in [9.17, 15) is 15.2 Å². The van der Waals surface area contributed by atoms with Crippen LogP contribution in [-0.4, -0.2) is 48.3 Å². The molecule has 2 atom stereocenters. The van der Waals surface area contributed by atoms with Gasteiger partial charge in [0.1, 0.15) is 5.41 Å². The van der Waals surface area contributed by atoms with Crippen molar-refractivity contribution >= 4 is 5.91 Å². The number of nitriles is 1. The first-order valence-corrected chi connectivity index (χ1v) is 6.55. The molecule has 100 valence electrons. The second-order valence-corrected chi connectivity index (χ2v) is 5.35. The molecular formula is C13H20N2O3. The molecule has 0 aromatic heterocycles. The van der Waals surface area contributed by atoms with E-state index in [1.165, 1.54) is 0 Å². The van der Waals surface area contributed by atoms with Crippen molar-refractivity contribution in [1.82, 2.24) is 4.90 Å². The molecule has 2 aliphatic rings. The van der Waals surface area contributed by atoms with Gasteiger partial charge < -0.3 is 14.7 Å². The zero-order valence-electron chi connectivity index (χ0n) is 10.8. The molecule has 0 aromatic carbocycles. The molecule has 0 radical (unpaired) electrons. The largest absolute Gasteiger partial charge is 0.393 e. The van der Waals surface area contributed by atoms with Crippen LogP contribution in [-0.2, 0) is 9.53 Å². The Bertz CT molecular complexity index is 356. The Morgan fingerprint density at radius 2 is 2.22 bits per heavy atom. The summed E-state index contributed by atoms with van der Waals surface area (Å²) in [6.07, 6.45) is 1.40. The Hall–Kier alpha value is -1.12. The van der Waals surface area contributed by atoms with E-state index in [-0.39, 0.29) is 11.8 Å². The molecule has 0 aliphatic carbocycles. The van der Waals surface area contributed by atoms with Gasteiger partial charge in [0, 0.05) is 32.2 Å². The zero-order valence-corrected chi connectivity index (χ0v) is 10.8. The highest BCUT2D eigenvalue weighted by atomic mass is 16.5. The molecule has 1 amide bonds. The fourth-order valence-corrected chi connectivity index (χ4v) is 2.76. The third-order valence-electron chi connectivity index (χ3n) is 4.16. The summed E-state index contributed by atoms with van der Waals surface area (Å²) in [4.78, 5) is 14.2. The smallest absolute Gasteiger partial charge is 0.243 e. The molecule has 2 rings (SSSR count). The monoisotopic (exact) mass is 252 g/mol. The van der Waals surface area contributed by atoms with E-state index in [1.807, 2.05) is 0 Å².